The number of ether oxygens (including phenoxy) is 1. The molecule has 0 saturated heterocycles. The van der Waals surface area contributed by atoms with Gasteiger partial charge in [-0.3, -0.25) is 4.68 Å². The van der Waals surface area contributed by atoms with Crippen LogP contribution in [0, 0.1) is 0 Å². The van der Waals surface area contributed by atoms with Gasteiger partial charge >= 0.3 is 0 Å². The third-order valence-corrected chi connectivity index (χ3v) is 2.85. The molecule has 1 atom stereocenters. The fourth-order valence-electron chi connectivity index (χ4n) is 1.53. The molecular formula is C12H15ClN4O. The molecule has 0 aliphatic carbocycles. The van der Waals surface area contributed by atoms with Gasteiger partial charge in [0.05, 0.1) is 5.69 Å². The van der Waals surface area contributed by atoms with Gasteiger partial charge in [0.15, 0.2) is 5.82 Å². The number of hydrogen-bond acceptors (Lipinski definition) is 4. The summed E-state index contributed by atoms with van der Waals surface area (Å²) < 4.78 is 7.04. The highest BCUT2D eigenvalue weighted by atomic mass is 35.5. The Morgan fingerprint density at radius 1 is 1.39 bits per heavy atom. The van der Waals surface area contributed by atoms with E-state index in [4.69, 9.17) is 16.3 Å². The summed E-state index contributed by atoms with van der Waals surface area (Å²) in [7, 11) is 1.61. The Bertz CT molecular complexity index is 541. The Morgan fingerprint density at radius 3 is 2.78 bits per heavy atom. The molecule has 0 aliphatic heterocycles. The highest BCUT2D eigenvalue weighted by Crippen LogP contribution is 2.21. The second kappa shape index (κ2) is 5.46. The molecule has 2 rings (SSSR count). The summed E-state index contributed by atoms with van der Waals surface area (Å²) in [6, 6.07) is 3.61. The molecule has 0 aliphatic rings. The first-order valence-electron chi connectivity index (χ1n) is 5.75. The maximum absolute atomic E-state index is 6.00. The molecule has 2 aromatic rings. The van der Waals surface area contributed by atoms with E-state index in [1.54, 1.807) is 13.2 Å². The van der Waals surface area contributed by atoms with E-state index >= 15 is 0 Å². The number of methoxy groups -OCH3 is 1. The summed E-state index contributed by atoms with van der Waals surface area (Å²) in [5.41, 5.74) is 1.49. The third kappa shape index (κ3) is 2.68. The minimum absolute atomic E-state index is 0.198. The van der Waals surface area contributed by atoms with Crippen LogP contribution >= 0.6 is 11.6 Å². The summed E-state index contributed by atoms with van der Waals surface area (Å²) in [5, 5.41) is 4.79. The van der Waals surface area contributed by atoms with E-state index in [2.05, 4.69) is 15.1 Å². The van der Waals surface area contributed by atoms with Crippen molar-refractivity contribution in [1.29, 1.82) is 0 Å². The first kappa shape index (κ1) is 13.0. The number of hydrogen-bond donors (Lipinski definition) is 0. The zero-order valence-corrected chi connectivity index (χ0v) is 11.3. The van der Waals surface area contributed by atoms with Crippen molar-refractivity contribution < 1.29 is 4.74 Å². The Hall–Kier alpha value is -1.46. The van der Waals surface area contributed by atoms with Crippen LogP contribution in [0.25, 0.3) is 11.4 Å². The van der Waals surface area contributed by atoms with E-state index < -0.39 is 0 Å². The van der Waals surface area contributed by atoms with Crippen molar-refractivity contribution in [2.24, 2.45) is 0 Å². The number of halogens is 1. The number of aryl methyl sites for hydroxylation is 1. The Morgan fingerprint density at radius 2 is 2.17 bits per heavy atom. The molecule has 0 N–H and O–H groups in total. The van der Waals surface area contributed by atoms with Crippen molar-refractivity contribution in [3.8, 4) is 11.4 Å². The number of rotatable bonds is 4. The summed E-state index contributed by atoms with van der Waals surface area (Å²) >= 11 is 6.00. The molecule has 0 aromatic carbocycles. The Kier molecular flexibility index (Phi) is 3.93. The van der Waals surface area contributed by atoms with Gasteiger partial charge in [-0.05, 0) is 19.9 Å². The van der Waals surface area contributed by atoms with E-state index in [1.165, 1.54) is 0 Å². The molecular weight excluding hydrogens is 252 g/mol. The molecule has 0 saturated carbocycles. The molecule has 6 heteroatoms. The Balaban J connectivity index is 2.41. The van der Waals surface area contributed by atoms with Crippen molar-refractivity contribution >= 4 is 11.6 Å². The van der Waals surface area contributed by atoms with Crippen molar-refractivity contribution in [1.82, 2.24) is 19.7 Å². The van der Waals surface area contributed by atoms with E-state index in [-0.39, 0.29) is 6.10 Å². The summed E-state index contributed by atoms with van der Waals surface area (Å²) in [6.45, 7) is 4.72. The van der Waals surface area contributed by atoms with Gasteiger partial charge in [0, 0.05) is 25.9 Å². The Labute approximate surface area is 111 Å². The lowest BCUT2D eigenvalue weighted by Crippen LogP contribution is -2.04. The molecule has 2 aromatic heterocycles. The molecule has 96 valence electrons. The normalized spacial score (nSPS) is 12.7. The average Bonchev–Trinajstić information content (AvgIpc) is 2.85. The lowest BCUT2D eigenvalue weighted by Gasteiger charge is -2.09. The first-order chi connectivity index (χ1) is 8.63. The largest absolute Gasteiger partial charge is 0.374 e. The topological polar surface area (TPSA) is 52.8 Å². The van der Waals surface area contributed by atoms with E-state index in [9.17, 15) is 0 Å². The van der Waals surface area contributed by atoms with Crippen LogP contribution < -0.4 is 0 Å². The van der Waals surface area contributed by atoms with Crippen molar-refractivity contribution in [2.75, 3.05) is 7.11 Å². The second-order valence-corrected chi connectivity index (χ2v) is 4.26. The standard InChI is InChI=1S/C12H15ClN4O/c1-4-17-6-5-9(16-17)10-7-11(13)15-12(14-10)8(2)18-3/h5-8H,4H2,1-3H3/t8-/m0/s1. The van der Waals surface area contributed by atoms with E-state index in [0.29, 0.717) is 16.7 Å². The predicted molar refractivity (Wildman–Crippen MR) is 69.4 cm³/mol. The van der Waals surface area contributed by atoms with Crippen LogP contribution in [0.1, 0.15) is 25.8 Å². The van der Waals surface area contributed by atoms with Gasteiger partial charge in [0.25, 0.3) is 0 Å². The molecule has 0 unspecified atom stereocenters. The highest BCUT2D eigenvalue weighted by Gasteiger charge is 2.12. The lowest BCUT2D eigenvalue weighted by atomic mass is 10.3. The summed E-state index contributed by atoms with van der Waals surface area (Å²) in [6.07, 6.45) is 1.71. The molecule has 0 radical (unpaired) electrons. The molecule has 0 spiro atoms. The van der Waals surface area contributed by atoms with Gasteiger partial charge in [0.1, 0.15) is 17.0 Å². The van der Waals surface area contributed by atoms with E-state index in [0.717, 1.165) is 12.2 Å². The fraction of sp³-hybridized carbons (Fsp3) is 0.417. The third-order valence-electron chi connectivity index (χ3n) is 2.66. The van der Waals surface area contributed by atoms with Crippen LogP contribution in [0.2, 0.25) is 5.15 Å². The van der Waals surface area contributed by atoms with Crippen LogP contribution in [0.15, 0.2) is 18.3 Å². The second-order valence-electron chi connectivity index (χ2n) is 3.87. The minimum Gasteiger partial charge on any atom is -0.374 e. The van der Waals surface area contributed by atoms with Crippen molar-refractivity contribution in [3.05, 3.63) is 29.3 Å². The molecule has 0 amide bonds. The molecule has 0 fully saturated rings. The first-order valence-corrected chi connectivity index (χ1v) is 6.13. The summed E-state index contributed by atoms with van der Waals surface area (Å²) in [4.78, 5) is 8.58. The van der Waals surface area contributed by atoms with Gasteiger partial charge in [0.2, 0.25) is 0 Å². The zero-order chi connectivity index (χ0) is 13.1. The van der Waals surface area contributed by atoms with Crippen LogP contribution in [-0.4, -0.2) is 26.9 Å². The quantitative estimate of drug-likeness (QED) is 0.799. The van der Waals surface area contributed by atoms with Crippen LogP contribution in [0.4, 0.5) is 0 Å². The summed E-state index contributed by atoms with van der Waals surface area (Å²) in [5.74, 6) is 0.561. The highest BCUT2D eigenvalue weighted by molar-refractivity contribution is 6.29. The smallest absolute Gasteiger partial charge is 0.159 e. The number of aromatic nitrogens is 4. The van der Waals surface area contributed by atoms with Crippen LogP contribution in [0.5, 0.6) is 0 Å². The van der Waals surface area contributed by atoms with Gasteiger partial charge in [-0.15, -0.1) is 0 Å². The zero-order valence-electron chi connectivity index (χ0n) is 10.6. The van der Waals surface area contributed by atoms with Crippen LogP contribution in [-0.2, 0) is 11.3 Å². The van der Waals surface area contributed by atoms with E-state index in [1.807, 2.05) is 30.8 Å². The minimum atomic E-state index is -0.198. The maximum Gasteiger partial charge on any atom is 0.159 e. The van der Waals surface area contributed by atoms with Crippen molar-refractivity contribution in [2.45, 2.75) is 26.5 Å². The van der Waals surface area contributed by atoms with Gasteiger partial charge in [-0.25, -0.2) is 9.97 Å². The maximum atomic E-state index is 6.00. The fourth-order valence-corrected chi connectivity index (χ4v) is 1.72. The van der Waals surface area contributed by atoms with Crippen LogP contribution in [0.3, 0.4) is 0 Å². The molecule has 2 heterocycles. The molecule has 18 heavy (non-hydrogen) atoms. The van der Waals surface area contributed by atoms with Gasteiger partial charge in [-0.2, -0.15) is 5.10 Å². The lowest BCUT2D eigenvalue weighted by molar-refractivity contribution is 0.112. The average molecular weight is 267 g/mol. The monoisotopic (exact) mass is 266 g/mol. The predicted octanol–water partition coefficient (Wildman–Crippen LogP) is 2.72. The molecule has 5 nitrogen and oxygen atoms in total. The van der Waals surface area contributed by atoms with Crippen molar-refractivity contribution in [3.63, 3.8) is 0 Å². The number of nitrogens with zero attached hydrogens (tertiary/aromatic N) is 4. The molecule has 0 bridgehead atoms. The van der Waals surface area contributed by atoms with Gasteiger partial charge in [-0.1, -0.05) is 11.6 Å². The SMILES string of the molecule is CCn1ccc(-c2cc(Cl)nc([C@H](C)OC)n2)n1. The van der Waals surface area contributed by atoms with Gasteiger partial charge < -0.3 is 4.74 Å².